The molecule has 0 aliphatic heterocycles. The van der Waals surface area contributed by atoms with Gasteiger partial charge in [-0.1, -0.05) is 177 Å². The second-order valence-electron chi connectivity index (χ2n) is 19.9. The lowest BCUT2D eigenvalue weighted by Gasteiger charge is -2.14. The number of rotatable bonds is 32. The topological polar surface area (TPSA) is 118 Å². The van der Waals surface area contributed by atoms with Gasteiger partial charge in [0.15, 0.2) is 34.8 Å². The van der Waals surface area contributed by atoms with Gasteiger partial charge in [0.05, 0.1) is 37.6 Å². The van der Waals surface area contributed by atoms with Gasteiger partial charge in [-0.05, 0) is 85.6 Å². The summed E-state index contributed by atoms with van der Waals surface area (Å²) in [5, 5.41) is 37.0. The lowest BCUT2D eigenvalue weighted by molar-refractivity contribution is 0.0509. The first-order valence-electron chi connectivity index (χ1n) is 28.5. The van der Waals surface area contributed by atoms with Crippen molar-refractivity contribution in [3.05, 3.63) is 153 Å². The summed E-state index contributed by atoms with van der Waals surface area (Å²) < 4.78 is 81.8. The summed E-state index contributed by atoms with van der Waals surface area (Å²) in [6, 6.07) is 22.3. The molecule has 426 valence electrons. The Kier molecular flexibility index (Phi) is 29.7. The second kappa shape index (κ2) is 37.1. The van der Waals surface area contributed by atoms with Crippen LogP contribution in [0.3, 0.4) is 0 Å². The van der Waals surface area contributed by atoms with Crippen LogP contribution in [0.2, 0.25) is 0 Å². The van der Waals surface area contributed by atoms with Gasteiger partial charge in [0.25, 0.3) is 0 Å². The zero-order chi connectivity index (χ0) is 57.2. The van der Waals surface area contributed by atoms with E-state index in [0.717, 1.165) is 62.8 Å². The fraction of sp³-hybridized carbons (Fsp3) is 0.441. The van der Waals surface area contributed by atoms with Gasteiger partial charge in [-0.15, -0.1) is 0 Å². The predicted octanol–water partition coefficient (Wildman–Crippen LogP) is 13.9. The maximum Gasteiger partial charge on any atom is 0.190 e. The number of aliphatic hydroxyl groups is 4. The van der Waals surface area contributed by atoms with Crippen molar-refractivity contribution in [2.24, 2.45) is 0 Å². The largest absolute Gasteiger partial charge is 0.492 e. The summed E-state index contributed by atoms with van der Waals surface area (Å²) in [6.45, 7) is 3.30. The average Bonchev–Trinajstić information content (AvgIpc) is 3.47. The summed E-state index contributed by atoms with van der Waals surface area (Å²) in [5.74, 6) is 20.5. The lowest BCUT2D eigenvalue weighted by atomic mass is 10.1. The molecule has 0 aromatic heterocycles. The first-order chi connectivity index (χ1) is 39.0. The first-order valence-corrected chi connectivity index (χ1v) is 28.5. The van der Waals surface area contributed by atoms with E-state index >= 15 is 0 Å². The summed E-state index contributed by atoms with van der Waals surface area (Å²) in [4.78, 5) is 0. The maximum absolute atomic E-state index is 14.7. The molecule has 0 amide bonds. The molecule has 5 aromatic rings. The minimum Gasteiger partial charge on any atom is -0.492 e. The summed E-state index contributed by atoms with van der Waals surface area (Å²) in [7, 11) is 0. The number of halogens is 4. The molecule has 5 aromatic carbocycles. The lowest BCUT2D eigenvalue weighted by Crippen LogP contribution is -2.22. The summed E-state index contributed by atoms with van der Waals surface area (Å²) >= 11 is 0. The van der Waals surface area contributed by atoms with Crippen LogP contribution in [0.5, 0.6) is 23.0 Å². The molecule has 12 heteroatoms. The van der Waals surface area contributed by atoms with Crippen LogP contribution < -0.4 is 18.9 Å². The number of ether oxygens (including phenoxy) is 4. The van der Waals surface area contributed by atoms with Crippen molar-refractivity contribution in [3.8, 4) is 70.4 Å². The summed E-state index contributed by atoms with van der Waals surface area (Å²) in [6.07, 6.45) is 21.3. The van der Waals surface area contributed by atoms with Crippen LogP contribution in [0.15, 0.2) is 84.9 Å². The van der Waals surface area contributed by atoms with Crippen LogP contribution in [0.4, 0.5) is 17.6 Å². The monoisotopic (exact) mass is 1100 g/mol. The predicted molar refractivity (Wildman–Crippen MR) is 308 cm³/mol. The van der Waals surface area contributed by atoms with E-state index < -0.39 is 73.4 Å². The van der Waals surface area contributed by atoms with Crippen LogP contribution in [0, 0.1) is 70.6 Å². The Morgan fingerprint density at radius 1 is 0.350 bits per heavy atom. The van der Waals surface area contributed by atoms with Crippen LogP contribution in [-0.2, 0) is 0 Å². The van der Waals surface area contributed by atoms with Crippen molar-refractivity contribution in [2.45, 2.75) is 154 Å². The van der Waals surface area contributed by atoms with E-state index in [-0.39, 0.29) is 11.1 Å². The standard InChI is InChI=1S/C68H78F4O8/c1-3-5-7-9-11-13-15-17-19-21-39-77-65-45-58(38-36-54-29-25-52(26-30-54)32-34-56-43-63(71)68(64(72)44-56)80-50-60(76)48-74)66(78-40-22-20-18-16-14-12-10-8-6-4-2)46-57(65)37-35-53-27-23-51(24-28-53)31-33-55-41-61(69)67(62(70)42-55)79-49-59(75)47-73/h23-30,41-46,59-60,73-76H,3-22,39-40,47-50H2,1-2H3. The molecule has 0 aliphatic rings. The molecule has 0 saturated carbocycles. The number of benzene rings is 5. The van der Waals surface area contributed by atoms with Gasteiger partial charge in [0, 0.05) is 45.5 Å². The molecule has 0 bridgehead atoms. The minimum atomic E-state index is -1.28. The Bertz CT molecular complexity index is 2670. The number of unbranched alkanes of at least 4 members (excludes halogenated alkanes) is 18. The molecule has 0 saturated heterocycles. The van der Waals surface area contributed by atoms with E-state index in [2.05, 4.69) is 61.2 Å². The number of aliphatic hydroxyl groups excluding tert-OH is 4. The zero-order valence-corrected chi connectivity index (χ0v) is 46.6. The Labute approximate surface area is 472 Å². The van der Waals surface area contributed by atoms with E-state index in [0.29, 0.717) is 58.1 Å². The highest BCUT2D eigenvalue weighted by atomic mass is 19.1. The van der Waals surface area contributed by atoms with Crippen LogP contribution >= 0.6 is 0 Å². The zero-order valence-electron chi connectivity index (χ0n) is 46.6. The van der Waals surface area contributed by atoms with E-state index in [1.54, 1.807) is 24.3 Å². The van der Waals surface area contributed by atoms with Gasteiger partial charge >= 0.3 is 0 Å². The molecule has 2 atom stereocenters. The molecular weight excluding hydrogens is 1020 g/mol. The highest BCUT2D eigenvalue weighted by Crippen LogP contribution is 2.30. The van der Waals surface area contributed by atoms with Gasteiger partial charge in [-0.25, -0.2) is 17.6 Å². The molecule has 0 spiro atoms. The molecule has 0 heterocycles. The quantitative estimate of drug-likeness (QED) is 0.0191. The van der Waals surface area contributed by atoms with E-state index in [1.807, 2.05) is 36.4 Å². The first kappa shape index (κ1) is 63.9. The third kappa shape index (κ3) is 23.8. The van der Waals surface area contributed by atoms with E-state index in [9.17, 15) is 27.8 Å². The Morgan fingerprint density at radius 3 is 0.900 bits per heavy atom. The number of hydrogen-bond acceptors (Lipinski definition) is 8. The molecule has 4 N–H and O–H groups in total. The SMILES string of the molecule is CCCCCCCCCCCCOc1cc(C#Cc2ccc(C#Cc3cc(F)c(OCC(O)CO)c(F)c3)cc2)c(OCCCCCCCCCCCC)cc1C#Cc1ccc(C#Cc2cc(F)c(OCC(O)CO)c(F)c2)cc1. The van der Waals surface area contributed by atoms with Crippen molar-refractivity contribution in [3.63, 3.8) is 0 Å². The smallest absolute Gasteiger partial charge is 0.190 e. The third-order valence-corrected chi connectivity index (χ3v) is 13.0. The minimum absolute atomic E-state index is 0.0908. The summed E-state index contributed by atoms with van der Waals surface area (Å²) in [5.41, 5.74) is 4.04. The molecule has 0 radical (unpaired) electrons. The highest BCUT2D eigenvalue weighted by Gasteiger charge is 2.16. The number of hydrogen-bond donors (Lipinski definition) is 4. The second-order valence-corrected chi connectivity index (χ2v) is 19.9. The van der Waals surface area contributed by atoms with Gasteiger partial charge in [0.2, 0.25) is 0 Å². The van der Waals surface area contributed by atoms with E-state index in [4.69, 9.17) is 29.2 Å². The highest BCUT2D eigenvalue weighted by molar-refractivity contribution is 5.61. The Morgan fingerprint density at radius 2 is 0.613 bits per heavy atom. The molecule has 5 rings (SSSR count). The molecule has 0 aliphatic carbocycles. The van der Waals surface area contributed by atoms with Crippen molar-refractivity contribution in [2.75, 3.05) is 39.6 Å². The molecule has 0 fully saturated rings. The van der Waals surface area contributed by atoms with Crippen LogP contribution in [0.1, 0.15) is 187 Å². The molecule has 80 heavy (non-hydrogen) atoms. The third-order valence-electron chi connectivity index (χ3n) is 13.0. The normalized spacial score (nSPS) is 11.4. The van der Waals surface area contributed by atoms with Crippen LogP contribution in [-0.4, -0.2) is 72.3 Å². The molecular formula is C68H78F4O8. The van der Waals surface area contributed by atoms with Crippen molar-refractivity contribution in [1.29, 1.82) is 0 Å². The van der Waals surface area contributed by atoms with Crippen molar-refractivity contribution >= 4 is 0 Å². The molecule has 2 unspecified atom stereocenters. The fourth-order valence-corrected chi connectivity index (χ4v) is 8.38. The van der Waals surface area contributed by atoms with Crippen LogP contribution in [0.25, 0.3) is 0 Å². The fourth-order valence-electron chi connectivity index (χ4n) is 8.38. The van der Waals surface area contributed by atoms with Gasteiger partial charge in [-0.3, -0.25) is 0 Å². The van der Waals surface area contributed by atoms with Crippen molar-refractivity contribution < 1.29 is 56.9 Å². The van der Waals surface area contributed by atoms with E-state index in [1.165, 1.54) is 89.9 Å². The van der Waals surface area contributed by atoms with Gasteiger partial charge in [-0.2, -0.15) is 0 Å². The average molecular weight is 1100 g/mol. The maximum atomic E-state index is 14.7. The Balaban J connectivity index is 1.38. The van der Waals surface area contributed by atoms with Gasteiger partial charge in [0.1, 0.15) is 36.9 Å². The van der Waals surface area contributed by atoms with Gasteiger partial charge < -0.3 is 39.4 Å². The molecule has 8 nitrogen and oxygen atoms in total. The Hall–Kier alpha value is -6.90. The van der Waals surface area contributed by atoms with Crippen molar-refractivity contribution in [1.82, 2.24) is 0 Å².